The second kappa shape index (κ2) is 8.97. The minimum absolute atomic E-state index is 0.0128. The van der Waals surface area contributed by atoms with Gasteiger partial charge in [0.15, 0.2) is 0 Å². The number of nitro benzene ring substituents is 1. The minimum atomic E-state index is -0.438. The molecule has 148 valence electrons. The lowest BCUT2D eigenvalue weighted by molar-refractivity contribution is -0.384. The number of hydrogen-bond donors (Lipinski definition) is 1. The molecule has 1 N–H and O–H groups in total. The smallest absolute Gasteiger partial charge is 0.270 e. The second-order valence-electron chi connectivity index (χ2n) is 6.67. The van der Waals surface area contributed by atoms with Gasteiger partial charge < -0.3 is 5.32 Å². The van der Waals surface area contributed by atoms with E-state index in [9.17, 15) is 14.9 Å². The fraction of sp³-hybridized carbons (Fsp3) is 0.182. The molecule has 0 fully saturated rings. The predicted octanol–water partition coefficient (Wildman–Crippen LogP) is 4.38. The van der Waals surface area contributed by atoms with Crippen molar-refractivity contribution in [3.63, 3.8) is 0 Å². The third-order valence-corrected chi connectivity index (χ3v) is 4.51. The molecule has 1 aromatic heterocycles. The van der Waals surface area contributed by atoms with E-state index >= 15 is 0 Å². The van der Waals surface area contributed by atoms with E-state index in [4.69, 9.17) is 0 Å². The van der Waals surface area contributed by atoms with Gasteiger partial charge in [0, 0.05) is 41.6 Å². The lowest BCUT2D eigenvalue weighted by atomic mass is 10.1. The molecule has 3 aromatic rings. The van der Waals surface area contributed by atoms with Gasteiger partial charge in [-0.3, -0.25) is 14.9 Å². The summed E-state index contributed by atoms with van der Waals surface area (Å²) in [7, 11) is 0. The number of amides is 1. The van der Waals surface area contributed by atoms with Gasteiger partial charge in [0.2, 0.25) is 5.91 Å². The van der Waals surface area contributed by atoms with Crippen LogP contribution >= 0.6 is 0 Å². The molecule has 1 amide bonds. The van der Waals surface area contributed by atoms with Crippen LogP contribution in [0.3, 0.4) is 0 Å². The molecule has 1 heterocycles. The molecule has 0 radical (unpaired) electrons. The zero-order chi connectivity index (χ0) is 20.8. The first kappa shape index (κ1) is 20.0. The van der Waals surface area contributed by atoms with Crippen LogP contribution in [0.15, 0.2) is 66.9 Å². The molecule has 3 rings (SSSR count). The van der Waals surface area contributed by atoms with E-state index in [2.05, 4.69) is 10.4 Å². The maximum Gasteiger partial charge on any atom is 0.270 e. The van der Waals surface area contributed by atoms with Gasteiger partial charge in [-0.05, 0) is 31.6 Å². The van der Waals surface area contributed by atoms with Crippen LogP contribution < -0.4 is 5.32 Å². The van der Waals surface area contributed by atoms with E-state index in [1.54, 1.807) is 29.1 Å². The summed E-state index contributed by atoms with van der Waals surface area (Å²) in [5, 5.41) is 18.7. The summed E-state index contributed by atoms with van der Waals surface area (Å²) in [5.41, 5.74) is 2.69. The Balaban J connectivity index is 2.02. The average Bonchev–Trinajstić information content (AvgIpc) is 3.17. The van der Waals surface area contributed by atoms with Crippen LogP contribution in [-0.4, -0.2) is 26.7 Å². The zero-order valence-electron chi connectivity index (χ0n) is 16.3. The Morgan fingerprint density at radius 1 is 1.24 bits per heavy atom. The Bertz CT molecular complexity index is 1040. The van der Waals surface area contributed by atoms with Crippen LogP contribution in [0.5, 0.6) is 0 Å². The predicted molar refractivity (Wildman–Crippen MR) is 113 cm³/mol. The third kappa shape index (κ3) is 4.95. The molecular weight excluding hydrogens is 368 g/mol. The molecule has 0 saturated carbocycles. The third-order valence-electron chi connectivity index (χ3n) is 4.51. The fourth-order valence-corrected chi connectivity index (χ4v) is 2.77. The first-order valence-corrected chi connectivity index (χ1v) is 9.36. The van der Waals surface area contributed by atoms with Crippen LogP contribution in [0, 0.1) is 10.1 Å². The first-order chi connectivity index (χ1) is 14.0. The lowest BCUT2D eigenvalue weighted by Gasteiger charge is -2.08. The maximum absolute atomic E-state index is 12.1. The van der Waals surface area contributed by atoms with Crippen molar-refractivity contribution in [1.82, 2.24) is 15.1 Å². The molecular formula is C22H22N4O3. The Morgan fingerprint density at radius 2 is 2.00 bits per heavy atom. The zero-order valence-corrected chi connectivity index (χ0v) is 16.3. The highest BCUT2D eigenvalue weighted by molar-refractivity contribution is 5.93. The summed E-state index contributed by atoms with van der Waals surface area (Å²) >= 11 is 0. The quantitative estimate of drug-likeness (QED) is 0.368. The molecule has 0 unspecified atom stereocenters. The molecule has 1 atom stereocenters. The van der Waals surface area contributed by atoms with Gasteiger partial charge in [-0.1, -0.05) is 37.3 Å². The molecule has 29 heavy (non-hydrogen) atoms. The molecule has 0 aliphatic heterocycles. The highest BCUT2D eigenvalue weighted by atomic mass is 16.6. The molecule has 2 aromatic carbocycles. The van der Waals surface area contributed by atoms with Crippen molar-refractivity contribution in [2.45, 2.75) is 26.3 Å². The topological polar surface area (TPSA) is 90.1 Å². The highest BCUT2D eigenvalue weighted by Crippen LogP contribution is 2.27. The molecule has 0 saturated heterocycles. The van der Waals surface area contributed by atoms with Gasteiger partial charge in [-0.15, -0.1) is 0 Å². The molecule has 7 nitrogen and oxygen atoms in total. The average molecular weight is 390 g/mol. The number of nitro groups is 1. The van der Waals surface area contributed by atoms with E-state index in [0.717, 1.165) is 12.1 Å². The van der Waals surface area contributed by atoms with Crippen molar-refractivity contribution in [1.29, 1.82) is 0 Å². The summed E-state index contributed by atoms with van der Waals surface area (Å²) in [6.07, 6.45) is 5.78. The summed E-state index contributed by atoms with van der Waals surface area (Å²) in [6, 6.07) is 15.9. The molecule has 0 bridgehead atoms. The Labute approximate surface area is 168 Å². The number of carbonyl (C=O) groups is 1. The Hall–Kier alpha value is -3.74. The number of hydrogen-bond acceptors (Lipinski definition) is 4. The molecule has 0 spiro atoms. The number of nitrogens with one attached hydrogen (secondary N) is 1. The minimum Gasteiger partial charge on any atom is -0.350 e. The van der Waals surface area contributed by atoms with Gasteiger partial charge >= 0.3 is 0 Å². The fourth-order valence-electron chi connectivity index (χ4n) is 2.77. The van der Waals surface area contributed by atoms with E-state index in [-0.39, 0.29) is 17.6 Å². The number of nitrogens with zero attached hydrogens (tertiary/aromatic N) is 3. The van der Waals surface area contributed by atoms with E-state index in [0.29, 0.717) is 16.8 Å². The number of para-hydroxylation sites is 1. The normalized spacial score (nSPS) is 12.1. The SMILES string of the molecule is CC[C@@H](C)NC(=O)/C=C/c1cn(-c2ccccc2)nc1-c1cccc([N+](=O)[O-])c1. The standard InChI is InChI=1S/C22H22N4O3/c1-3-16(2)23-21(27)13-12-18-15-25(19-9-5-4-6-10-19)24-22(18)17-8-7-11-20(14-17)26(28)29/h4-16H,3H2,1-2H3,(H,23,27)/b13-12+/t16-/m1/s1. The molecule has 0 aliphatic rings. The number of aromatic nitrogens is 2. The van der Waals surface area contributed by atoms with Gasteiger partial charge in [0.1, 0.15) is 5.69 Å². The second-order valence-corrected chi connectivity index (χ2v) is 6.67. The van der Waals surface area contributed by atoms with Gasteiger partial charge in [0.05, 0.1) is 10.6 Å². The van der Waals surface area contributed by atoms with Crippen LogP contribution in [0.25, 0.3) is 23.0 Å². The van der Waals surface area contributed by atoms with Crippen molar-refractivity contribution in [2.24, 2.45) is 0 Å². The lowest BCUT2D eigenvalue weighted by Crippen LogP contribution is -2.30. The van der Waals surface area contributed by atoms with Gasteiger partial charge in [0.25, 0.3) is 5.69 Å². The first-order valence-electron chi connectivity index (χ1n) is 9.36. The van der Waals surface area contributed by atoms with E-state index in [1.165, 1.54) is 18.2 Å². The highest BCUT2D eigenvalue weighted by Gasteiger charge is 2.14. The number of non-ortho nitro benzene ring substituents is 1. The number of carbonyl (C=O) groups excluding carboxylic acids is 1. The van der Waals surface area contributed by atoms with Crippen molar-refractivity contribution >= 4 is 17.7 Å². The van der Waals surface area contributed by atoms with Gasteiger partial charge in [-0.2, -0.15) is 5.10 Å². The monoisotopic (exact) mass is 390 g/mol. The number of benzene rings is 2. The van der Waals surface area contributed by atoms with Crippen molar-refractivity contribution in [3.05, 3.63) is 82.5 Å². The van der Waals surface area contributed by atoms with Crippen LogP contribution in [0.2, 0.25) is 0 Å². The van der Waals surface area contributed by atoms with Gasteiger partial charge in [-0.25, -0.2) is 4.68 Å². The Morgan fingerprint density at radius 3 is 2.69 bits per heavy atom. The van der Waals surface area contributed by atoms with Crippen LogP contribution in [0.1, 0.15) is 25.8 Å². The van der Waals surface area contributed by atoms with E-state index < -0.39 is 4.92 Å². The molecule has 7 heteroatoms. The Kier molecular flexibility index (Phi) is 6.19. The van der Waals surface area contributed by atoms with Crippen molar-refractivity contribution in [2.75, 3.05) is 0 Å². The summed E-state index contributed by atoms with van der Waals surface area (Å²) in [5.74, 6) is -0.197. The van der Waals surface area contributed by atoms with Crippen molar-refractivity contribution < 1.29 is 9.72 Å². The summed E-state index contributed by atoms with van der Waals surface area (Å²) in [4.78, 5) is 22.9. The van der Waals surface area contributed by atoms with E-state index in [1.807, 2.05) is 44.2 Å². The van der Waals surface area contributed by atoms with Crippen molar-refractivity contribution in [3.8, 4) is 16.9 Å². The number of rotatable bonds is 7. The molecule has 0 aliphatic carbocycles. The summed E-state index contributed by atoms with van der Waals surface area (Å²) in [6.45, 7) is 3.94. The van der Waals surface area contributed by atoms with Crippen LogP contribution in [-0.2, 0) is 4.79 Å². The van der Waals surface area contributed by atoms with Crippen LogP contribution in [0.4, 0.5) is 5.69 Å². The summed E-state index contributed by atoms with van der Waals surface area (Å²) < 4.78 is 1.69. The largest absolute Gasteiger partial charge is 0.350 e. The maximum atomic E-state index is 12.1.